The summed E-state index contributed by atoms with van der Waals surface area (Å²) in [6.45, 7) is 6.18. The lowest BCUT2D eigenvalue weighted by atomic mass is 10.0. The second-order valence-corrected chi connectivity index (χ2v) is 5.57. The van der Waals surface area contributed by atoms with Gasteiger partial charge in [0.1, 0.15) is 0 Å². The van der Waals surface area contributed by atoms with Crippen molar-refractivity contribution in [2.45, 2.75) is 33.1 Å². The minimum absolute atomic E-state index is 0.00365. The monoisotopic (exact) mass is 274 g/mol. The molecule has 19 heavy (non-hydrogen) atoms. The molecule has 0 saturated heterocycles. The van der Waals surface area contributed by atoms with Gasteiger partial charge in [-0.1, -0.05) is 45.0 Å². The third kappa shape index (κ3) is 3.41. The van der Waals surface area contributed by atoms with Crippen LogP contribution in [0.25, 0.3) is 11.3 Å². The molecule has 100 valence electrons. The molecule has 0 aliphatic carbocycles. The maximum atomic E-state index is 11.3. The van der Waals surface area contributed by atoms with Crippen LogP contribution in [0.4, 0.5) is 5.13 Å². The summed E-state index contributed by atoms with van der Waals surface area (Å²) in [6, 6.07) is 8.42. The zero-order valence-electron chi connectivity index (χ0n) is 11.4. The predicted octanol–water partition coefficient (Wildman–Crippen LogP) is 4.28. The molecule has 0 spiro atoms. The minimum atomic E-state index is -0.00365. The molecule has 1 aromatic heterocycles. The molecule has 0 unspecified atom stereocenters. The molecule has 1 amide bonds. The highest BCUT2D eigenvalue weighted by molar-refractivity contribution is 7.14. The van der Waals surface area contributed by atoms with Crippen molar-refractivity contribution in [2.75, 3.05) is 5.32 Å². The Morgan fingerprint density at radius 1 is 1.32 bits per heavy atom. The molecule has 0 aliphatic heterocycles. The summed E-state index contributed by atoms with van der Waals surface area (Å²) in [5.41, 5.74) is 3.31. The van der Waals surface area contributed by atoms with Crippen molar-refractivity contribution in [2.24, 2.45) is 0 Å². The van der Waals surface area contributed by atoms with Crippen molar-refractivity contribution in [3.63, 3.8) is 0 Å². The third-order valence-corrected chi connectivity index (χ3v) is 3.70. The lowest BCUT2D eigenvalue weighted by molar-refractivity contribution is -0.115. The zero-order chi connectivity index (χ0) is 13.8. The van der Waals surface area contributed by atoms with Crippen LogP contribution in [0.15, 0.2) is 29.6 Å². The predicted molar refractivity (Wildman–Crippen MR) is 80.6 cm³/mol. The van der Waals surface area contributed by atoms with E-state index in [1.165, 1.54) is 16.9 Å². The average Bonchev–Trinajstić information content (AvgIpc) is 2.87. The van der Waals surface area contributed by atoms with E-state index in [0.29, 0.717) is 17.5 Å². The Bertz CT molecular complexity index is 558. The van der Waals surface area contributed by atoms with E-state index >= 15 is 0 Å². The average molecular weight is 274 g/mol. The smallest absolute Gasteiger partial charge is 0.225 e. The summed E-state index contributed by atoms with van der Waals surface area (Å²) in [6.07, 6.45) is 0.470. The Kier molecular flexibility index (Phi) is 4.32. The van der Waals surface area contributed by atoms with Crippen molar-refractivity contribution in [1.29, 1.82) is 0 Å². The summed E-state index contributed by atoms with van der Waals surface area (Å²) >= 11 is 1.46. The number of benzene rings is 1. The fourth-order valence-electron chi connectivity index (χ4n) is 1.71. The highest BCUT2D eigenvalue weighted by Crippen LogP contribution is 2.26. The van der Waals surface area contributed by atoms with Gasteiger partial charge < -0.3 is 5.32 Å². The molecular weight excluding hydrogens is 256 g/mol. The van der Waals surface area contributed by atoms with Gasteiger partial charge in [-0.3, -0.25) is 4.79 Å². The van der Waals surface area contributed by atoms with Crippen molar-refractivity contribution in [3.05, 3.63) is 35.2 Å². The summed E-state index contributed by atoms with van der Waals surface area (Å²) in [7, 11) is 0. The van der Waals surface area contributed by atoms with E-state index in [0.717, 1.165) is 11.3 Å². The van der Waals surface area contributed by atoms with Crippen LogP contribution in [0.3, 0.4) is 0 Å². The summed E-state index contributed by atoms with van der Waals surface area (Å²) in [5.74, 6) is 0.528. The summed E-state index contributed by atoms with van der Waals surface area (Å²) in [5, 5.41) is 5.41. The third-order valence-electron chi connectivity index (χ3n) is 2.94. The van der Waals surface area contributed by atoms with Crippen LogP contribution in [-0.2, 0) is 4.79 Å². The van der Waals surface area contributed by atoms with E-state index in [1.807, 2.05) is 12.3 Å². The SMILES string of the molecule is CCC(=O)Nc1nc(-c2ccc(C(C)C)cc2)cs1. The topological polar surface area (TPSA) is 42.0 Å². The van der Waals surface area contributed by atoms with E-state index < -0.39 is 0 Å². The lowest BCUT2D eigenvalue weighted by Crippen LogP contribution is -2.08. The van der Waals surface area contributed by atoms with Gasteiger partial charge in [-0.25, -0.2) is 4.98 Å². The van der Waals surface area contributed by atoms with E-state index in [4.69, 9.17) is 0 Å². The number of aromatic nitrogens is 1. The molecule has 2 rings (SSSR count). The second kappa shape index (κ2) is 5.97. The maximum Gasteiger partial charge on any atom is 0.225 e. The van der Waals surface area contributed by atoms with E-state index in [9.17, 15) is 4.79 Å². The van der Waals surface area contributed by atoms with Crippen LogP contribution in [0, 0.1) is 0 Å². The number of rotatable bonds is 4. The number of thiazole rings is 1. The van der Waals surface area contributed by atoms with Gasteiger partial charge in [-0.05, 0) is 11.5 Å². The van der Waals surface area contributed by atoms with Crippen LogP contribution in [0.1, 0.15) is 38.7 Å². The molecule has 0 atom stereocenters. The highest BCUT2D eigenvalue weighted by Gasteiger charge is 2.07. The molecule has 0 radical (unpaired) electrons. The van der Waals surface area contributed by atoms with Gasteiger partial charge >= 0.3 is 0 Å². The van der Waals surface area contributed by atoms with Crippen molar-refractivity contribution in [3.8, 4) is 11.3 Å². The molecule has 1 heterocycles. The van der Waals surface area contributed by atoms with Gasteiger partial charge in [-0.15, -0.1) is 11.3 Å². The van der Waals surface area contributed by atoms with Crippen molar-refractivity contribution >= 4 is 22.4 Å². The standard InChI is InChI=1S/C15H18N2OS/c1-4-14(18)17-15-16-13(9-19-15)12-7-5-11(6-8-12)10(2)3/h5-10H,4H2,1-3H3,(H,16,17,18). The zero-order valence-corrected chi connectivity index (χ0v) is 12.3. The Morgan fingerprint density at radius 2 is 2.00 bits per heavy atom. The van der Waals surface area contributed by atoms with Crippen LogP contribution < -0.4 is 5.32 Å². The number of amides is 1. The highest BCUT2D eigenvalue weighted by atomic mass is 32.1. The molecule has 0 bridgehead atoms. The number of hydrogen-bond donors (Lipinski definition) is 1. The van der Waals surface area contributed by atoms with Crippen LogP contribution >= 0.6 is 11.3 Å². The summed E-state index contributed by atoms with van der Waals surface area (Å²) < 4.78 is 0. The normalized spacial score (nSPS) is 10.7. The minimum Gasteiger partial charge on any atom is -0.302 e. The fraction of sp³-hybridized carbons (Fsp3) is 0.333. The van der Waals surface area contributed by atoms with Crippen molar-refractivity contribution < 1.29 is 4.79 Å². The number of anilines is 1. The van der Waals surface area contributed by atoms with E-state index in [2.05, 4.69) is 48.4 Å². The molecule has 4 heteroatoms. The van der Waals surface area contributed by atoms with Gasteiger partial charge in [0.2, 0.25) is 5.91 Å². The maximum absolute atomic E-state index is 11.3. The molecule has 0 saturated carbocycles. The van der Waals surface area contributed by atoms with Crippen molar-refractivity contribution in [1.82, 2.24) is 4.98 Å². The number of nitrogens with one attached hydrogen (secondary N) is 1. The first-order chi connectivity index (χ1) is 9.10. The van der Waals surface area contributed by atoms with Crippen LogP contribution in [0.5, 0.6) is 0 Å². The van der Waals surface area contributed by atoms with Gasteiger partial charge in [0.05, 0.1) is 5.69 Å². The lowest BCUT2D eigenvalue weighted by Gasteiger charge is -2.05. The Balaban J connectivity index is 2.16. The number of carbonyl (C=O) groups is 1. The second-order valence-electron chi connectivity index (χ2n) is 4.72. The Morgan fingerprint density at radius 3 is 2.58 bits per heavy atom. The number of carbonyl (C=O) groups excluding carboxylic acids is 1. The first-order valence-electron chi connectivity index (χ1n) is 6.46. The van der Waals surface area contributed by atoms with Gasteiger partial charge in [0.25, 0.3) is 0 Å². The number of hydrogen-bond acceptors (Lipinski definition) is 3. The largest absolute Gasteiger partial charge is 0.302 e. The van der Waals surface area contributed by atoms with Gasteiger partial charge in [-0.2, -0.15) is 0 Å². The molecule has 2 aromatic rings. The molecule has 0 aliphatic rings. The van der Waals surface area contributed by atoms with Gasteiger partial charge in [0.15, 0.2) is 5.13 Å². The van der Waals surface area contributed by atoms with Crippen LogP contribution in [0.2, 0.25) is 0 Å². The van der Waals surface area contributed by atoms with E-state index in [1.54, 1.807) is 0 Å². The Hall–Kier alpha value is -1.68. The summed E-state index contributed by atoms with van der Waals surface area (Å²) in [4.78, 5) is 15.7. The fourth-order valence-corrected chi connectivity index (χ4v) is 2.45. The quantitative estimate of drug-likeness (QED) is 0.904. The Labute approximate surface area is 117 Å². The molecule has 0 fully saturated rings. The first-order valence-corrected chi connectivity index (χ1v) is 7.33. The number of nitrogens with zero attached hydrogens (tertiary/aromatic N) is 1. The van der Waals surface area contributed by atoms with Crippen LogP contribution in [-0.4, -0.2) is 10.9 Å². The van der Waals surface area contributed by atoms with E-state index in [-0.39, 0.29) is 5.91 Å². The molecule has 1 aromatic carbocycles. The first kappa shape index (κ1) is 13.7. The molecule has 1 N–H and O–H groups in total. The molecule has 3 nitrogen and oxygen atoms in total. The van der Waals surface area contributed by atoms with Gasteiger partial charge in [0, 0.05) is 17.4 Å². The molecular formula is C15H18N2OS.